The van der Waals surface area contributed by atoms with Crippen LogP contribution in [0.15, 0.2) is 4.90 Å². The lowest BCUT2D eigenvalue weighted by Crippen LogP contribution is -2.30. The fraction of sp³-hybridized carbons (Fsp3) is 0.556. The number of H-pyrrole nitrogens is 1. The molecule has 1 heterocycles. The normalized spacial score (nSPS) is 12.0. The van der Waals surface area contributed by atoms with Crippen LogP contribution < -0.4 is 0 Å². The zero-order valence-corrected chi connectivity index (χ0v) is 11.9. The number of hydrogen-bond donors (Lipinski definition) is 2. The standard InChI is InChI=1S/C9H15N3O4S2/c1-6-8(7(9(13)14)11-10-6)18(15,16)12(2)4-5-17-3/h4-5H2,1-3H3,(H,10,11)(H,13,14). The van der Waals surface area contributed by atoms with Crippen molar-refractivity contribution in [3.8, 4) is 0 Å². The second-order valence-electron chi connectivity index (χ2n) is 3.65. The van der Waals surface area contributed by atoms with Crippen LogP contribution in [0.3, 0.4) is 0 Å². The highest BCUT2D eigenvalue weighted by Crippen LogP contribution is 2.21. The number of aromatic carboxylic acids is 1. The first-order valence-corrected chi connectivity index (χ1v) is 7.89. The Balaban J connectivity index is 3.20. The second-order valence-corrected chi connectivity index (χ2v) is 6.62. The van der Waals surface area contributed by atoms with Gasteiger partial charge in [-0.1, -0.05) is 0 Å². The predicted molar refractivity (Wildman–Crippen MR) is 68.5 cm³/mol. The van der Waals surface area contributed by atoms with Crippen LogP contribution in [0.25, 0.3) is 0 Å². The molecule has 0 aliphatic heterocycles. The second kappa shape index (κ2) is 5.72. The van der Waals surface area contributed by atoms with E-state index in [2.05, 4.69) is 10.2 Å². The Morgan fingerprint density at radius 3 is 2.67 bits per heavy atom. The summed E-state index contributed by atoms with van der Waals surface area (Å²) in [6.45, 7) is 1.79. The topological polar surface area (TPSA) is 103 Å². The molecule has 2 N–H and O–H groups in total. The van der Waals surface area contributed by atoms with E-state index in [0.717, 1.165) is 4.31 Å². The maximum atomic E-state index is 12.2. The number of carboxylic acid groups (broad SMARTS) is 1. The van der Waals surface area contributed by atoms with Crippen LogP contribution in [0.1, 0.15) is 16.2 Å². The summed E-state index contributed by atoms with van der Waals surface area (Å²) in [5.74, 6) is -0.731. The van der Waals surface area contributed by atoms with Crippen molar-refractivity contribution >= 4 is 27.8 Å². The van der Waals surface area contributed by atoms with Crippen molar-refractivity contribution in [2.75, 3.05) is 25.6 Å². The van der Waals surface area contributed by atoms with Crippen molar-refractivity contribution < 1.29 is 18.3 Å². The number of thioether (sulfide) groups is 1. The molecule has 102 valence electrons. The van der Waals surface area contributed by atoms with Gasteiger partial charge in [0.2, 0.25) is 10.0 Å². The van der Waals surface area contributed by atoms with Gasteiger partial charge in [-0.2, -0.15) is 21.2 Å². The van der Waals surface area contributed by atoms with Crippen LogP contribution in [0.2, 0.25) is 0 Å². The van der Waals surface area contributed by atoms with Crippen molar-refractivity contribution in [1.29, 1.82) is 0 Å². The van der Waals surface area contributed by atoms with Gasteiger partial charge >= 0.3 is 5.97 Å². The fourth-order valence-corrected chi connectivity index (χ4v) is 3.40. The summed E-state index contributed by atoms with van der Waals surface area (Å²) in [7, 11) is -2.41. The average molecular weight is 293 g/mol. The molecule has 0 aliphatic rings. The van der Waals surface area contributed by atoms with Gasteiger partial charge in [-0.25, -0.2) is 13.2 Å². The minimum atomic E-state index is -3.83. The number of aromatic nitrogens is 2. The van der Waals surface area contributed by atoms with Crippen molar-refractivity contribution in [3.63, 3.8) is 0 Å². The van der Waals surface area contributed by atoms with Crippen molar-refractivity contribution in [3.05, 3.63) is 11.4 Å². The van der Waals surface area contributed by atoms with E-state index in [0.29, 0.717) is 12.3 Å². The quantitative estimate of drug-likeness (QED) is 0.787. The fourth-order valence-electron chi connectivity index (χ4n) is 1.38. The van der Waals surface area contributed by atoms with Crippen LogP contribution in [0.4, 0.5) is 0 Å². The summed E-state index contributed by atoms with van der Waals surface area (Å²) in [6.07, 6.45) is 1.87. The number of aryl methyl sites for hydroxylation is 1. The van der Waals surface area contributed by atoms with Crippen LogP contribution in [0, 0.1) is 6.92 Å². The van der Waals surface area contributed by atoms with Crippen molar-refractivity contribution in [2.45, 2.75) is 11.8 Å². The van der Waals surface area contributed by atoms with Gasteiger partial charge in [0, 0.05) is 19.3 Å². The summed E-state index contributed by atoms with van der Waals surface area (Å²) in [5, 5.41) is 14.8. The first-order chi connectivity index (χ1) is 8.32. The number of carboxylic acids is 1. The molecular formula is C9H15N3O4S2. The third kappa shape index (κ3) is 2.85. The van der Waals surface area contributed by atoms with E-state index in [9.17, 15) is 13.2 Å². The number of aromatic amines is 1. The molecule has 0 aromatic carbocycles. The van der Waals surface area contributed by atoms with E-state index in [4.69, 9.17) is 5.11 Å². The third-order valence-corrected chi connectivity index (χ3v) is 4.98. The molecule has 0 atom stereocenters. The molecule has 1 aromatic rings. The molecule has 7 nitrogen and oxygen atoms in total. The van der Waals surface area contributed by atoms with Gasteiger partial charge in [0.05, 0.1) is 5.69 Å². The largest absolute Gasteiger partial charge is 0.476 e. The van der Waals surface area contributed by atoms with E-state index in [1.54, 1.807) is 0 Å². The molecule has 0 saturated carbocycles. The molecular weight excluding hydrogens is 278 g/mol. The lowest BCUT2D eigenvalue weighted by Gasteiger charge is -2.16. The number of sulfonamides is 1. The Kier molecular flexibility index (Phi) is 4.77. The highest BCUT2D eigenvalue weighted by molar-refractivity contribution is 7.98. The van der Waals surface area contributed by atoms with Gasteiger partial charge in [-0.3, -0.25) is 5.10 Å². The molecule has 0 saturated heterocycles. The van der Waals surface area contributed by atoms with E-state index in [1.165, 1.54) is 25.7 Å². The highest BCUT2D eigenvalue weighted by Gasteiger charge is 2.31. The Morgan fingerprint density at radius 2 is 2.17 bits per heavy atom. The maximum absolute atomic E-state index is 12.2. The van der Waals surface area contributed by atoms with Gasteiger partial charge in [-0.15, -0.1) is 0 Å². The van der Waals surface area contributed by atoms with E-state index < -0.39 is 21.7 Å². The van der Waals surface area contributed by atoms with Crippen LogP contribution in [-0.2, 0) is 10.0 Å². The Bertz CT molecular complexity index is 538. The zero-order valence-electron chi connectivity index (χ0n) is 10.3. The molecule has 0 amide bonds. The molecule has 0 bridgehead atoms. The number of rotatable bonds is 6. The summed E-state index contributed by atoms with van der Waals surface area (Å²) < 4.78 is 25.6. The lowest BCUT2D eigenvalue weighted by atomic mass is 10.4. The van der Waals surface area contributed by atoms with E-state index >= 15 is 0 Å². The lowest BCUT2D eigenvalue weighted by molar-refractivity contribution is 0.0686. The average Bonchev–Trinajstić information content (AvgIpc) is 2.68. The molecule has 9 heteroatoms. The van der Waals surface area contributed by atoms with Gasteiger partial charge in [0.1, 0.15) is 4.90 Å². The predicted octanol–water partition coefficient (Wildman–Crippen LogP) is 0.400. The molecule has 0 fully saturated rings. The highest BCUT2D eigenvalue weighted by atomic mass is 32.2. The molecule has 0 spiro atoms. The van der Waals surface area contributed by atoms with Gasteiger partial charge in [0.15, 0.2) is 5.69 Å². The zero-order chi connectivity index (χ0) is 13.9. The van der Waals surface area contributed by atoms with Crippen molar-refractivity contribution in [1.82, 2.24) is 14.5 Å². The van der Waals surface area contributed by atoms with Crippen LogP contribution >= 0.6 is 11.8 Å². The minimum Gasteiger partial charge on any atom is -0.476 e. The minimum absolute atomic E-state index is 0.225. The maximum Gasteiger partial charge on any atom is 0.357 e. The number of carbonyl (C=O) groups is 1. The van der Waals surface area contributed by atoms with Gasteiger partial charge in [0.25, 0.3) is 0 Å². The number of nitrogens with zero attached hydrogens (tertiary/aromatic N) is 2. The summed E-state index contributed by atoms with van der Waals surface area (Å²) >= 11 is 1.51. The monoisotopic (exact) mass is 293 g/mol. The van der Waals surface area contributed by atoms with Gasteiger partial charge in [-0.05, 0) is 13.2 Å². The molecule has 0 radical (unpaired) electrons. The molecule has 18 heavy (non-hydrogen) atoms. The number of nitrogens with one attached hydrogen (secondary N) is 1. The first-order valence-electron chi connectivity index (χ1n) is 5.06. The Morgan fingerprint density at radius 1 is 1.56 bits per heavy atom. The third-order valence-electron chi connectivity index (χ3n) is 2.37. The van der Waals surface area contributed by atoms with Gasteiger partial charge < -0.3 is 5.11 Å². The SMILES string of the molecule is CSCCN(C)S(=O)(=O)c1c(C(=O)O)n[nH]c1C. The van der Waals surface area contributed by atoms with E-state index in [1.807, 2.05) is 6.26 Å². The smallest absolute Gasteiger partial charge is 0.357 e. The Labute approximate surface area is 110 Å². The summed E-state index contributed by atoms with van der Waals surface area (Å²) in [4.78, 5) is 10.7. The van der Waals surface area contributed by atoms with Crippen LogP contribution in [0.5, 0.6) is 0 Å². The molecule has 0 aliphatic carbocycles. The summed E-state index contributed by atoms with van der Waals surface area (Å²) in [6, 6.07) is 0. The Hall–Kier alpha value is -1.06. The number of hydrogen-bond acceptors (Lipinski definition) is 5. The molecule has 1 rings (SSSR count). The molecule has 0 unspecified atom stereocenters. The molecule has 1 aromatic heterocycles. The first kappa shape index (κ1) is 15.0. The summed E-state index contributed by atoms with van der Waals surface area (Å²) in [5.41, 5.74) is -0.244. The van der Waals surface area contributed by atoms with Crippen LogP contribution in [-0.4, -0.2) is 59.6 Å². The van der Waals surface area contributed by atoms with E-state index in [-0.39, 0.29) is 10.6 Å². The van der Waals surface area contributed by atoms with Crippen molar-refractivity contribution in [2.24, 2.45) is 0 Å².